The molecule has 5 nitrogen and oxygen atoms in total. The van der Waals surface area contributed by atoms with Crippen LogP contribution in [0.3, 0.4) is 0 Å². The molecule has 29 heavy (non-hydrogen) atoms. The standard InChI is InChI=1S/C23H38N4O.HI/c1-19-6-8-21(9-7-19)22(27-13-4-5-14-27)18-25-23(24-2)26(3)15-10-20-11-16-28-17-12-20;/h6-9,20,22H,4-5,10-18H2,1-3H3,(H,24,25);1H. The van der Waals surface area contributed by atoms with E-state index in [9.17, 15) is 0 Å². The van der Waals surface area contributed by atoms with Crippen LogP contribution in [0.4, 0.5) is 0 Å². The Morgan fingerprint density at radius 2 is 1.86 bits per heavy atom. The fraction of sp³-hybridized carbons (Fsp3) is 0.696. The fourth-order valence-corrected chi connectivity index (χ4v) is 4.39. The van der Waals surface area contributed by atoms with Gasteiger partial charge in [0.25, 0.3) is 0 Å². The van der Waals surface area contributed by atoms with Crippen LogP contribution in [0.25, 0.3) is 0 Å². The van der Waals surface area contributed by atoms with Gasteiger partial charge in [-0.1, -0.05) is 29.8 Å². The molecule has 2 saturated heterocycles. The Morgan fingerprint density at radius 3 is 2.48 bits per heavy atom. The molecule has 0 spiro atoms. The summed E-state index contributed by atoms with van der Waals surface area (Å²) < 4.78 is 5.48. The lowest BCUT2D eigenvalue weighted by molar-refractivity contribution is 0.0625. The van der Waals surface area contributed by atoms with Crippen LogP contribution in [0.5, 0.6) is 0 Å². The largest absolute Gasteiger partial charge is 0.381 e. The Bertz CT molecular complexity index is 610. The van der Waals surface area contributed by atoms with Gasteiger partial charge in [0.2, 0.25) is 0 Å². The van der Waals surface area contributed by atoms with Crippen molar-refractivity contribution in [3.8, 4) is 0 Å². The second kappa shape index (κ2) is 12.7. The first-order valence-electron chi connectivity index (χ1n) is 11.0. The molecular weight excluding hydrogens is 475 g/mol. The summed E-state index contributed by atoms with van der Waals surface area (Å²) >= 11 is 0. The molecule has 0 bridgehead atoms. The summed E-state index contributed by atoms with van der Waals surface area (Å²) in [5, 5.41) is 3.66. The molecule has 1 aromatic rings. The van der Waals surface area contributed by atoms with Crippen molar-refractivity contribution in [2.45, 2.75) is 45.1 Å². The summed E-state index contributed by atoms with van der Waals surface area (Å²) in [6.45, 7) is 8.34. The third-order valence-corrected chi connectivity index (χ3v) is 6.28. The molecular formula is C23H39IN4O. The summed E-state index contributed by atoms with van der Waals surface area (Å²) in [5.41, 5.74) is 2.72. The average molecular weight is 514 g/mol. The Labute approximate surface area is 194 Å². The van der Waals surface area contributed by atoms with Gasteiger partial charge < -0.3 is 15.0 Å². The van der Waals surface area contributed by atoms with Crippen molar-refractivity contribution in [1.82, 2.24) is 15.1 Å². The predicted octanol–water partition coefficient (Wildman–Crippen LogP) is 4.07. The number of hydrogen-bond acceptors (Lipinski definition) is 3. The lowest BCUT2D eigenvalue weighted by Gasteiger charge is -2.31. The van der Waals surface area contributed by atoms with Gasteiger partial charge in [0.05, 0.1) is 6.04 Å². The van der Waals surface area contributed by atoms with Crippen LogP contribution in [0.2, 0.25) is 0 Å². The van der Waals surface area contributed by atoms with E-state index < -0.39 is 0 Å². The number of guanidine groups is 1. The predicted molar refractivity (Wildman–Crippen MR) is 132 cm³/mol. The average Bonchev–Trinajstić information content (AvgIpc) is 3.26. The number of likely N-dealkylation sites (tertiary alicyclic amines) is 1. The van der Waals surface area contributed by atoms with E-state index in [1.165, 1.54) is 56.3 Å². The highest BCUT2D eigenvalue weighted by Gasteiger charge is 2.24. The summed E-state index contributed by atoms with van der Waals surface area (Å²) in [4.78, 5) is 9.45. The van der Waals surface area contributed by atoms with Gasteiger partial charge in [-0.15, -0.1) is 24.0 Å². The number of aliphatic imine (C=N–C) groups is 1. The molecule has 2 aliphatic rings. The number of hydrogen-bond donors (Lipinski definition) is 1. The Hall–Kier alpha value is -0.860. The third-order valence-electron chi connectivity index (χ3n) is 6.28. The van der Waals surface area contributed by atoms with E-state index in [2.05, 4.69) is 58.3 Å². The molecule has 6 heteroatoms. The van der Waals surface area contributed by atoms with E-state index in [-0.39, 0.29) is 24.0 Å². The zero-order valence-corrected chi connectivity index (χ0v) is 20.7. The first kappa shape index (κ1) is 24.4. The van der Waals surface area contributed by atoms with Gasteiger partial charge >= 0.3 is 0 Å². The van der Waals surface area contributed by atoms with Gasteiger partial charge in [-0.2, -0.15) is 0 Å². The lowest BCUT2D eigenvalue weighted by Crippen LogP contribution is -2.44. The van der Waals surface area contributed by atoms with Gasteiger partial charge in [0.1, 0.15) is 0 Å². The van der Waals surface area contributed by atoms with Crippen molar-refractivity contribution in [2.75, 3.05) is 53.5 Å². The van der Waals surface area contributed by atoms with Crippen LogP contribution in [0.15, 0.2) is 29.3 Å². The van der Waals surface area contributed by atoms with Gasteiger partial charge in [-0.05, 0) is 63.6 Å². The lowest BCUT2D eigenvalue weighted by atomic mass is 9.96. The highest BCUT2D eigenvalue weighted by molar-refractivity contribution is 14.0. The number of ether oxygens (including phenoxy) is 1. The molecule has 1 N–H and O–H groups in total. The number of nitrogens with zero attached hydrogens (tertiary/aromatic N) is 3. The maximum absolute atomic E-state index is 5.48. The first-order valence-corrected chi connectivity index (χ1v) is 11.0. The zero-order chi connectivity index (χ0) is 19.8. The zero-order valence-electron chi connectivity index (χ0n) is 18.4. The topological polar surface area (TPSA) is 40.1 Å². The fourth-order valence-electron chi connectivity index (χ4n) is 4.39. The molecule has 1 unspecified atom stereocenters. The third kappa shape index (κ3) is 7.40. The van der Waals surface area contributed by atoms with Crippen molar-refractivity contribution >= 4 is 29.9 Å². The van der Waals surface area contributed by atoms with Gasteiger partial charge in [-0.25, -0.2) is 0 Å². The number of nitrogens with one attached hydrogen (secondary N) is 1. The van der Waals surface area contributed by atoms with Crippen LogP contribution in [-0.4, -0.2) is 69.2 Å². The molecule has 0 aromatic heterocycles. The molecule has 0 amide bonds. The van der Waals surface area contributed by atoms with Crippen LogP contribution in [0.1, 0.15) is 49.3 Å². The molecule has 0 radical (unpaired) electrons. The Balaban J connectivity index is 0.00000300. The second-order valence-electron chi connectivity index (χ2n) is 8.36. The minimum absolute atomic E-state index is 0. The van der Waals surface area contributed by atoms with Crippen LogP contribution in [-0.2, 0) is 4.74 Å². The first-order chi connectivity index (χ1) is 13.7. The van der Waals surface area contributed by atoms with Gasteiger partial charge in [0, 0.05) is 40.4 Å². The minimum atomic E-state index is 0. The van der Waals surface area contributed by atoms with Crippen molar-refractivity contribution in [3.63, 3.8) is 0 Å². The molecule has 2 aliphatic heterocycles. The molecule has 3 rings (SSSR count). The smallest absolute Gasteiger partial charge is 0.193 e. The van der Waals surface area contributed by atoms with Gasteiger partial charge in [0.15, 0.2) is 5.96 Å². The van der Waals surface area contributed by atoms with Crippen molar-refractivity contribution in [1.29, 1.82) is 0 Å². The van der Waals surface area contributed by atoms with E-state index in [0.717, 1.165) is 38.2 Å². The van der Waals surface area contributed by atoms with Crippen LogP contribution >= 0.6 is 24.0 Å². The van der Waals surface area contributed by atoms with Crippen LogP contribution < -0.4 is 5.32 Å². The van der Waals surface area contributed by atoms with E-state index in [4.69, 9.17) is 4.74 Å². The maximum Gasteiger partial charge on any atom is 0.193 e. The Kier molecular flexibility index (Phi) is 10.7. The maximum atomic E-state index is 5.48. The summed E-state index contributed by atoms with van der Waals surface area (Å²) in [7, 11) is 4.05. The highest BCUT2D eigenvalue weighted by Crippen LogP contribution is 2.25. The molecule has 1 atom stereocenters. The van der Waals surface area contributed by atoms with Crippen molar-refractivity contribution in [2.24, 2.45) is 10.9 Å². The van der Waals surface area contributed by atoms with Crippen molar-refractivity contribution < 1.29 is 4.74 Å². The summed E-state index contributed by atoms with van der Waals surface area (Å²) in [6.07, 6.45) is 6.23. The normalized spacial score (nSPS) is 19.6. The quantitative estimate of drug-likeness (QED) is 0.339. The highest BCUT2D eigenvalue weighted by atomic mass is 127. The van der Waals surface area contributed by atoms with E-state index in [1.54, 1.807) is 0 Å². The number of aryl methyl sites for hydroxylation is 1. The van der Waals surface area contributed by atoms with E-state index >= 15 is 0 Å². The molecule has 0 aliphatic carbocycles. The van der Waals surface area contributed by atoms with Gasteiger partial charge in [-0.3, -0.25) is 9.89 Å². The second-order valence-corrected chi connectivity index (χ2v) is 8.36. The molecule has 2 fully saturated rings. The molecule has 0 saturated carbocycles. The van der Waals surface area contributed by atoms with E-state index in [1.807, 2.05) is 7.05 Å². The summed E-state index contributed by atoms with van der Waals surface area (Å²) in [6, 6.07) is 9.44. The van der Waals surface area contributed by atoms with Crippen molar-refractivity contribution in [3.05, 3.63) is 35.4 Å². The minimum Gasteiger partial charge on any atom is -0.381 e. The SMILES string of the molecule is CN=C(NCC(c1ccc(C)cc1)N1CCCC1)N(C)CCC1CCOCC1.I. The number of benzene rings is 1. The number of halogens is 1. The summed E-state index contributed by atoms with van der Waals surface area (Å²) in [5.74, 6) is 1.79. The number of rotatable bonds is 7. The Morgan fingerprint density at radius 1 is 1.21 bits per heavy atom. The monoisotopic (exact) mass is 514 g/mol. The van der Waals surface area contributed by atoms with E-state index in [0.29, 0.717) is 6.04 Å². The van der Waals surface area contributed by atoms with Crippen LogP contribution in [0, 0.1) is 12.8 Å². The molecule has 1 aromatic carbocycles. The molecule has 164 valence electrons. The molecule has 2 heterocycles.